The summed E-state index contributed by atoms with van der Waals surface area (Å²) in [6.07, 6.45) is 19.4. The zero-order chi connectivity index (χ0) is 19.2. The van der Waals surface area contributed by atoms with Crippen LogP contribution in [0.2, 0.25) is 19.6 Å². The minimum absolute atomic E-state index is 0.290. The van der Waals surface area contributed by atoms with Crippen LogP contribution in [0, 0.1) is 0 Å². The van der Waals surface area contributed by atoms with Crippen molar-refractivity contribution in [3.05, 3.63) is 0 Å². The second-order valence-corrected chi connectivity index (χ2v) is 20.0. The Balaban J connectivity index is 1.77. The Bertz CT molecular complexity index is 374. The molecule has 3 rings (SSSR count). The molecule has 27 heavy (non-hydrogen) atoms. The molecule has 0 aromatic carbocycles. The van der Waals surface area contributed by atoms with Gasteiger partial charge in [0, 0.05) is 0 Å². The third-order valence-corrected chi connectivity index (χ3v) is 17.8. The second kappa shape index (κ2) is 10.8. The molecule has 6 heteroatoms. The number of rotatable bonds is 8. The SMILES string of the molecule is C[Si](C)(C)[O][Zr]([O]C1CCCCC1)([O]C1CCCCC1)[O]C1CCCCC1. The normalized spacial score (nSPS) is 25.0. The maximum atomic E-state index is 6.84. The van der Waals surface area contributed by atoms with Crippen LogP contribution in [0.1, 0.15) is 96.3 Å². The molecule has 0 heterocycles. The molecule has 3 aliphatic carbocycles. The van der Waals surface area contributed by atoms with Crippen LogP contribution in [0.25, 0.3) is 0 Å². The summed E-state index contributed by atoms with van der Waals surface area (Å²) in [6.45, 7) is 6.78. The topological polar surface area (TPSA) is 36.9 Å². The predicted molar refractivity (Wildman–Crippen MR) is 108 cm³/mol. The molecule has 0 aliphatic heterocycles. The zero-order valence-corrected chi connectivity index (χ0v) is 21.4. The van der Waals surface area contributed by atoms with Crippen molar-refractivity contribution in [3.63, 3.8) is 0 Å². The maximum absolute atomic E-state index is 6.84. The Hall–Kier alpha value is 0.940. The molecule has 0 saturated heterocycles. The van der Waals surface area contributed by atoms with Gasteiger partial charge in [-0.1, -0.05) is 0 Å². The average molecular weight is 478 g/mol. The molecule has 0 spiro atoms. The van der Waals surface area contributed by atoms with E-state index in [4.69, 9.17) is 10.9 Å². The Morgan fingerprint density at radius 3 is 1.07 bits per heavy atom. The zero-order valence-electron chi connectivity index (χ0n) is 18.0. The van der Waals surface area contributed by atoms with Gasteiger partial charge in [0.15, 0.2) is 0 Å². The van der Waals surface area contributed by atoms with Crippen LogP contribution >= 0.6 is 0 Å². The van der Waals surface area contributed by atoms with Crippen LogP contribution in [0.4, 0.5) is 0 Å². The van der Waals surface area contributed by atoms with E-state index in [2.05, 4.69) is 19.6 Å². The van der Waals surface area contributed by atoms with Crippen molar-refractivity contribution in [1.29, 1.82) is 0 Å². The average Bonchev–Trinajstić information content (AvgIpc) is 2.62. The van der Waals surface area contributed by atoms with Crippen LogP contribution in [0.15, 0.2) is 0 Å². The van der Waals surface area contributed by atoms with E-state index in [1.807, 2.05) is 0 Å². The van der Waals surface area contributed by atoms with Crippen molar-refractivity contribution < 1.29 is 33.0 Å². The molecule has 0 N–H and O–H groups in total. The van der Waals surface area contributed by atoms with E-state index in [9.17, 15) is 0 Å². The third-order valence-electron chi connectivity index (χ3n) is 6.02. The molecular weight excluding hydrogens is 436 g/mol. The monoisotopic (exact) mass is 476 g/mol. The van der Waals surface area contributed by atoms with Gasteiger partial charge < -0.3 is 0 Å². The van der Waals surface area contributed by atoms with Crippen molar-refractivity contribution in [2.45, 2.75) is 134 Å². The molecule has 3 aliphatic rings. The first-order chi connectivity index (χ1) is 12.9. The van der Waals surface area contributed by atoms with Crippen LogP contribution < -0.4 is 0 Å². The van der Waals surface area contributed by atoms with E-state index in [1.165, 1.54) is 57.8 Å². The minimum atomic E-state index is -4.08. The van der Waals surface area contributed by atoms with Crippen LogP contribution in [-0.2, 0) is 33.0 Å². The van der Waals surface area contributed by atoms with E-state index in [0.29, 0.717) is 0 Å². The van der Waals surface area contributed by atoms with E-state index >= 15 is 0 Å². The van der Waals surface area contributed by atoms with E-state index in [0.717, 1.165) is 38.5 Å². The predicted octanol–water partition coefficient (Wildman–Crippen LogP) is 6.70. The standard InChI is InChI=1S/3C6H11O.C3H9OSi.Zr/c3*7-6-4-2-1-3-5-6;1-5(2,3)4;/h3*6H,1-5H2;1-3H3;/q4*-1;+4. The molecular formula is C21H42O4SiZr. The fraction of sp³-hybridized carbons (Fsp3) is 1.00. The summed E-state index contributed by atoms with van der Waals surface area (Å²) in [6, 6.07) is 0. The van der Waals surface area contributed by atoms with E-state index < -0.39 is 30.3 Å². The Kier molecular flexibility index (Phi) is 9.06. The third kappa shape index (κ3) is 7.94. The molecule has 0 unspecified atom stereocenters. The van der Waals surface area contributed by atoms with E-state index in [-0.39, 0.29) is 18.3 Å². The number of hydrogen-bond donors (Lipinski definition) is 0. The van der Waals surface area contributed by atoms with Gasteiger partial charge in [0.05, 0.1) is 0 Å². The first-order valence-corrected chi connectivity index (χ1v) is 19.1. The quantitative estimate of drug-likeness (QED) is 0.364. The van der Waals surface area contributed by atoms with Gasteiger partial charge in [0.25, 0.3) is 0 Å². The van der Waals surface area contributed by atoms with Crippen LogP contribution in [0.5, 0.6) is 0 Å². The number of hydrogen-bond acceptors (Lipinski definition) is 4. The van der Waals surface area contributed by atoms with Gasteiger partial charge in [0.2, 0.25) is 0 Å². The molecule has 0 amide bonds. The van der Waals surface area contributed by atoms with Gasteiger partial charge >= 0.3 is 176 Å². The Labute approximate surface area is 175 Å². The summed E-state index contributed by atoms with van der Waals surface area (Å²) in [5.74, 6) is 0. The molecule has 0 aromatic rings. The van der Waals surface area contributed by atoms with Gasteiger partial charge in [-0.15, -0.1) is 0 Å². The van der Waals surface area contributed by atoms with Gasteiger partial charge in [-0.05, 0) is 0 Å². The Morgan fingerprint density at radius 1 is 0.519 bits per heavy atom. The van der Waals surface area contributed by atoms with Crippen molar-refractivity contribution in [3.8, 4) is 0 Å². The molecule has 0 atom stereocenters. The second-order valence-electron chi connectivity index (χ2n) is 9.85. The fourth-order valence-electron chi connectivity index (χ4n) is 4.69. The summed E-state index contributed by atoms with van der Waals surface area (Å²) in [5.41, 5.74) is 0. The van der Waals surface area contributed by atoms with Crippen molar-refractivity contribution in [1.82, 2.24) is 0 Å². The molecule has 3 fully saturated rings. The summed E-state index contributed by atoms with van der Waals surface area (Å²) in [5, 5.41) is 0. The van der Waals surface area contributed by atoms with Gasteiger partial charge in [-0.3, -0.25) is 0 Å². The van der Waals surface area contributed by atoms with Crippen molar-refractivity contribution >= 4 is 8.32 Å². The molecule has 4 nitrogen and oxygen atoms in total. The first-order valence-electron chi connectivity index (χ1n) is 11.7. The molecule has 0 bridgehead atoms. The van der Waals surface area contributed by atoms with Gasteiger partial charge in [-0.2, -0.15) is 0 Å². The molecule has 158 valence electrons. The van der Waals surface area contributed by atoms with E-state index in [1.54, 1.807) is 0 Å². The van der Waals surface area contributed by atoms with Crippen molar-refractivity contribution in [2.24, 2.45) is 0 Å². The van der Waals surface area contributed by atoms with Crippen LogP contribution in [-0.4, -0.2) is 26.6 Å². The summed E-state index contributed by atoms with van der Waals surface area (Å²) in [4.78, 5) is 0. The summed E-state index contributed by atoms with van der Waals surface area (Å²) >= 11 is -4.08. The summed E-state index contributed by atoms with van der Waals surface area (Å²) < 4.78 is 27.3. The molecule has 0 aromatic heterocycles. The Morgan fingerprint density at radius 2 is 0.815 bits per heavy atom. The summed E-state index contributed by atoms with van der Waals surface area (Å²) in [7, 11) is -1.83. The van der Waals surface area contributed by atoms with Gasteiger partial charge in [0.1, 0.15) is 0 Å². The van der Waals surface area contributed by atoms with Gasteiger partial charge in [-0.25, -0.2) is 0 Å². The van der Waals surface area contributed by atoms with Crippen molar-refractivity contribution in [2.75, 3.05) is 0 Å². The molecule has 0 radical (unpaired) electrons. The fourth-order valence-corrected chi connectivity index (χ4v) is 17.3. The molecule has 3 saturated carbocycles. The first kappa shape index (κ1) is 22.6. The van der Waals surface area contributed by atoms with Crippen LogP contribution in [0.3, 0.4) is 0 Å².